The van der Waals surface area contributed by atoms with Gasteiger partial charge in [0.1, 0.15) is 5.60 Å². The molecule has 2 aromatic carbocycles. The van der Waals surface area contributed by atoms with Gasteiger partial charge in [0.25, 0.3) is 0 Å². The lowest BCUT2D eigenvalue weighted by Gasteiger charge is -2.30. The van der Waals surface area contributed by atoms with Crippen LogP contribution in [0.1, 0.15) is 24.0 Å². The molecule has 1 heterocycles. The topological polar surface area (TPSA) is 23.5 Å². The van der Waals surface area contributed by atoms with E-state index >= 15 is 0 Å². The molecule has 0 amide bonds. The Morgan fingerprint density at radius 3 is 1.90 bits per heavy atom. The van der Waals surface area contributed by atoms with Crippen LogP contribution in [0.5, 0.6) is 0 Å². The molecule has 0 radical (unpaired) electrons. The highest BCUT2D eigenvalue weighted by Crippen LogP contribution is 2.47. The zero-order valence-electron chi connectivity index (χ0n) is 11.5. The molecule has 2 aromatic rings. The summed E-state index contributed by atoms with van der Waals surface area (Å²) in [6, 6.07) is 16.6. The van der Waals surface area contributed by atoms with E-state index in [2.05, 4.69) is 41.3 Å². The van der Waals surface area contributed by atoms with Crippen LogP contribution < -0.4 is 0 Å². The van der Waals surface area contributed by atoms with Crippen molar-refractivity contribution >= 4 is 0 Å². The van der Waals surface area contributed by atoms with Gasteiger partial charge in [-0.3, -0.25) is 4.90 Å². The molecule has 1 aliphatic heterocycles. The molecule has 0 unspecified atom stereocenters. The second-order valence-electron chi connectivity index (χ2n) is 5.93. The van der Waals surface area contributed by atoms with Gasteiger partial charge in [-0.25, -0.2) is 0 Å². The van der Waals surface area contributed by atoms with E-state index in [-0.39, 0.29) is 0 Å². The third-order valence-electron chi connectivity index (χ3n) is 4.69. The quantitative estimate of drug-likeness (QED) is 0.902. The molecule has 0 aromatic heterocycles. The zero-order valence-corrected chi connectivity index (χ0v) is 11.5. The Bertz CT molecular complexity index is 598. The molecule has 2 aliphatic rings. The second-order valence-corrected chi connectivity index (χ2v) is 5.93. The summed E-state index contributed by atoms with van der Waals surface area (Å²) < 4.78 is 0. The summed E-state index contributed by atoms with van der Waals surface area (Å²) in [7, 11) is 0. The minimum atomic E-state index is -0.850. The Morgan fingerprint density at radius 2 is 1.35 bits per heavy atom. The maximum absolute atomic E-state index is 11.4. The maximum Gasteiger partial charge on any atom is 0.128 e. The fraction of sp³-hybridized carbons (Fsp3) is 0.333. The SMILES string of the molecule is OC1(CN2CCCC2)c2ccccc2-c2ccccc21. The molecule has 0 atom stereocenters. The third kappa shape index (κ3) is 1.65. The van der Waals surface area contributed by atoms with Crippen molar-refractivity contribution < 1.29 is 5.11 Å². The zero-order chi connectivity index (χ0) is 13.6. The smallest absolute Gasteiger partial charge is 0.128 e. The van der Waals surface area contributed by atoms with E-state index < -0.39 is 5.60 Å². The Morgan fingerprint density at radius 1 is 0.850 bits per heavy atom. The summed E-state index contributed by atoms with van der Waals surface area (Å²) in [6.45, 7) is 2.92. The molecular weight excluding hydrogens is 246 g/mol. The van der Waals surface area contributed by atoms with Gasteiger partial charge >= 0.3 is 0 Å². The standard InChI is InChI=1S/C18H19NO/c20-18(13-19-11-5-6-12-19)16-9-3-1-7-14(16)15-8-2-4-10-17(15)18/h1-4,7-10,20H,5-6,11-13H2. The van der Waals surface area contributed by atoms with Crippen LogP contribution in [0.4, 0.5) is 0 Å². The second kappa shape index (κ2) is 4.44. The number of likely N-dealkylation sites (tertiary alicyclic amines) is 1. The summed E-state index contributed by atoms with van der Waals surface area (Å²) >= 11 is 0. The molecule has 4 rings (SSSR count). The van der Waals surface area contributed by atoms with Crippen LogP contribution in [0.25, 0.3) is 11.1 Å². The first kappa shape index (κ1) is 12.1. The number of benzene rings is 2. The summed E-state index contributed by atoms with van der Waals surface area (Å²) in [4.78, 5) is 2.39. The molecule has 0 bridgehead atoms. The van der Waals surface area contributed by atoms with Crippen LogP contribution in [0.2, 0.25) is 0 Å². The average molecular weight is 265 g/mol. The van der Waals surface area contributed by atoms with Gasteiger partial charge in [-0.1, -0.05) is 48.5 Å². The Hall–Kier alpha value is -1.64. The molecule has 2 heteroatoms. The van der Waals surface area contributed by atoms with E-state index in [9.17, 15) is 5.11 Å². The lowest BCUT2D eigenvalue weighted by atomic mass is 9.91. The van der Waals surface area contributed by atoms with Crippen molar-refractivity contribution in [2.24, 2.45) is 0 Å². The molecule has 0 saturated carbocycles. The monoisotopic (exact) mass is 265 g/mol. The maximum atomic E-state index is 11.4. The third-order valence-corrected chi connectivity index (χ3v) is 4.69. The fourth-order valence-electron chi connectivity index (χ4n) is 3.74. The van der Waals surface area contributed by atoms with Gasteiger partial charge in [0.15, 0.2) is 0 Å². The number of fused-ring (bicyclic) bond motifs is 3. The summed E-state index contributed by atoms with van der Waals surface area (Å²) in [6.07, 6.45) is 2.50. The minimum absolute atomic E-state index is 0.709. The van der Waals surface area contributed by atoms with Gasteiger partial charge in [-0.2, -0.15) is 0 Å². The Labute approximate surface area is 119 Å². The molecule has 20 heavy (non-hydrogen) atoms. The molecule has 1 fully saturated rings. The number of β-amino-alcohol motifs (C(OH)–C–C–N with tert-alkyl or cyclic N) is 1. The summed E-state index contributed by atoms with van der Waals surface area (Å²) in [5.41, 5.74) is 3.65. The lowest BCUT2D eigenvalue weighted by Crippen LogP contribution is -2.39. The van der Waals surface area contributed by atoms with Crippen molar-refractivity contribution in [3.8, 4) is 11.1 Å². The minimum Gasteiger partial charge on any atom is -0.379 e. The highest BCUT2D eigenvalue weighted by molar-refractivity contribution is 5.80. The van der Waals surface area contributed by atoms with Gasteiger partial charge in [0, 0.05) is 6.54 Å². The van der Waals surface area contributed by atoms with Crippen LogP contribution in [-0.2, 0) is 5.60 Å². The molecule has 1 aliphatic carbocycles. The Balaban J connectivity index is 1.85. The van der Waals surface area contributed by atoms with E-state index in [4.69, 9.17) is 0 Å². The van der Waals surface area contributed by atoms with Crippen LogP contribution >= 0.6 is 0 Å². The van der Waals surface area contributed by atoms with Crippen LogP contribution in [0.15, 0.2) is 48.5 Å². The number of hydrogen-bond donors (Lipinski definition) is 1. The van der Waals surface area contributed by atoms with Gasteiger partial charge in [-0.05, 0) is 48.2 Å². The first-order valence-corrected chi connectivity index (χ1v) is 7.43. The predicted octanol–water partition coefficient (Wildman–Crippen LogP) is 3.00. The van der Waals surface area contributed by atoms with Crippen molar-refractivity contribution in [1.29, 1.82) is 0 Å². The highest BCUT2D eigenvalue weighted by Gasteiger charge is 2.42. The van der Waals surface area contributed by atoms with E-state index in [1.165, 1.54) is 24.0 Å². The summed E-state index contributed by atoms with van der Waals surface area (Å²) in [5.74, 6) is 0. The largest absolute Gasteiger partial charge is 0.379 e. The fourth-order valence-corrected chi connectivity index (χ4v) is 3.74. The number of aliphatic hydroxyl groups is 1. The van der Waals surface area contributed by atoms with Crippen LogP contribution in [0, 0.1) is 0 Å². The van der Waals surface area contributed by atoms with Crippen molar-refractivity contribution in [2.45, 2.75) is 18.4 Å². The van der Waals surface area contributed by atoms with Crippen molar-refractivity contribution in [1.82, 2.24) is 4.90 Å². The molecular formula is C18H19NO. The van der Waals surface area contributed by atoms with E-state index in [1.54, 1.807) is 0 Å². The highest BCUT2D eigenvalue weighted by atomic mass is 16.3. The van der Waals surface area contributed by atoms with Crippen LogP contribution in [-0.4, -0.2) is 29.6 Å². The van der Waals surface area contributed by atoms with E-state index in [0.717, 1.165) is 24.2 Å². The summed E-state index contributed by atoms with van der Waals surface area (Å²) in [5, 5.41) is 11.4. The van der Waals surface area contributed by atoms with E-state index in [0.29, 0.717) is 6.54 Å². The molecule has 1 N–H and O–H groups in total. The van der Waals surface area contributed by atoms with Gasteiger partial charge in [0.2, 0.25) is 0 Å². The molecule has 102 valence electrons. The first-order valence-electron chi connectivity index (χ1n) is 7.43. The van der Waals surface area contributed by atoms with Crippen molar-refractivity contribution in [3.63, 3.8) is 0 Å². The first-order chi connectivity index (χ1) is 9.79. The van der Waals surface area contributed by atoms with Gasteiger partial charge < -0.3 is 5.11 Å². The van der Waals surface area contributed by atoms with Gasteiger partial charge in [-0.15, -0.1) is 0 Å². The number of hydrogen-bond acceptors (Lipinski definition) is 2. The van der Waals surface area contributed by atoms with E-state index in [1.807, 2.05) is 12.1 Å². The molecule has 0 spiro atoms. The number of nitrogens with zero attached hydrogens (tertiary/aromatic N) is 1. The van der Waals surface area contributed by atoms with Crippen molar-refractivity contribution in [3.05, 3.63) is 59.7 Å². The van der Waals surface area contributed by atoms with Crippen molar-refractivity contribution in [2.75, 3.05) is 19.6 Å². The average Bonchev–Trinajstić information content (AvgIpc) is 3.07. The number of rotatable bonds is 2. The molecule has 1 saturated heterocycles. The molecule has 2 nitrogen and oxygen atoms in total. The van der Waals surface area contributed by atoms with Crippen LogP contribution in [0.3, 0.4) is 0 Å². The van der Waals surface area contributed by atoms with Gasteiger partial charge in [0.05, 0.1) is 0 Å². The Kier molecular flexibility index (Phi) is 2.69. The predicted molar refractivity (Wildman–Crippen MR) is 80.6 cm³/mol. The normalized spacial score (nSPS) is 19.9. The lowest BCUT2D eigenvalue weighted by molar-refractivity contribution is 0.0474.